The molecule has 2 aromatic rings. The quantitative estimate of drug-likeness (QED) is 0.514. The number of ether oxygens (including phenoxy) is 2. The van der Waals surface area contributed by atoms with Crippen LogP contribution >= 0.6 is 12.4 Å². The number of fused-ring (bicyclic) bond motifs is 1. The first kappa shape index (κ1) is 28.9. The monoisotopic (exact) mass is 517 g/mol. The van der Waals surface area contributed by atoms with Gasteiger partial charge in [0.05, 0.1) is 25.9 Å². The highest BCUT2D eigenvalue weighted by molar-refractivity contribution is 6.06. The van der Waals surface area contributed by atoms with Crippen LogP contribution in [0.1, 0.15) is 65.4 Å². The molecule has 0 spiro atoms. The second-order valence-corrected chi connectivity index (χ2v) is 9.70. The summed E-state index contributed by atoms with van der Waals surface area (Å²) >= 11 is 0. The minimum Gasteiger partial charge on any atom is -0.494 e. The molecular weight excluding hydrogens is 482 g/mol. The van der Waals surface area contributed by atoms with Gasteiger partial charge in [-0.2, -0.15) is 0 Å². The van der Waals surface area contributed by atoms with Crippen LogP contribution in [0.15, 0.2) is 18.2 Å². The number of benzene rings is 1. The number of methoxy groups -OCH3 is 1. The number of anilines is 1. The van der Waals surface area contributed by atoms with Crippen LogP contribution in [0.2, 0.25) is 0 Å². The maximum Gasteiger partial charge on any atom is 0.273 e. The summed E-state index contributed by atoms with van der Waals surface area (Å²) < 4.78 is 11.3. The van der Waals surface area contributed by atoms with Crippen LogP contribution in [0.4, 0.5) is 5.69 Å². The number of carbonyl (C=O) groups is 2. The molecule has 1 amide bonds. The number of amidine groups is 1. The van der Waals surface area contributed by atoms with Crippen LogP contribution in [0.3, 0.4) is 0 Å². The Hall–Kier alpha value is -3.33. The summed E-state index contributed by atoms with van der Waals surface area (Å²) in [4.78, 5) is 33.8. The number of pyridine rings is 1. The molecule has 1 aromatic carbocycles. The van der Waals surface area contributed by atoms with Crippen molar-refractivity contribution < 1.29 is 19.1 Å². The zero-order chi connectivity index (χ0) is 26.1. The van der Waals surface area contributed by atoms with E-state index < -0.39 is 0 Å². The van der Waals surface area contributed by atoms with Gasteiger partial charge in [0, 0.05) is 44.4 Å². The predicted octanol–water partition coefficient (Wildman–Crippen LogP) is 3.66. The van der Waals surface area contributed by atoms with Crippen molar-refractivity contribution in [2.75, 3.05) is 46.3 Å². The van der Waals surface area contributed by atoms with Gasteiger partial charge in [0.2, 0.25) is 0 Å². The van der Waals surface area contributed by atoms with Gasteiger partial charge in [-0.25, -0.2) is 4.98 Å². The van der Waals surface area contributed by atoms with E-state index in [-0.39, 0.29) is 47.6 Å². The van der Waals surface area contributed by atoms with Gasteiger partial charge in [0.15, 0.2) is 17.2 Å². The predicted molar refractivity (Wildman–Crippen MR) is 144 cm³/mol. The number of Topliss-reactive ketones (excluding diaryl/α,β-unsaturated/α-hetero) is 1. The number of rotatable bonds is 8. The molecule has 0 saturated carbocycles. The number of hydrogen-bond acceptors (Lipinski definition) is 7. The van der Waals surface area contributed by atoms with Gasteiger partial charge in [-0.05, 0) is 30.5 Å². The zero-order valence-electron chi connectivity index (χ0n) is 22.2. The first-order chi connectivity index (χ1) is 16.4. The van der Waals surface area contributed by atoms with E-state index in [4.69, 9.17) is 14.9 Å². The molecule has 9 nitrogen and oxygen atoms in total. The smallest absolute Gasteiger partial charge is 0.273 e. The van der Waals surface area contributed by atoms with Gasteiger partial charge in [0.1, 0.15) is 17.3 Å². The highest BCUT2D eigenvalue weighted by atomic mass is 35.5. The molecule has 0 radical (unpaired) electrons. The largest absolute Gasteiger partial charge is 0.494 e. The average Bonchev–Trinajstić information content (AvgIpc) is 3.10. The van der Waals surface area contributed by atoms with Crippen molar-refractivity contribution in [1.82, 2.24) is 15.2 Å². The summed E-state index contributed by atoms with van der Waals surface area (Å²) in [6.45, 7) is 8.80. The summed E-state index contributed by atoms with van der Waals surface area (Å²) in [5, 5.41) is 11.2. The number of amides is 1. The molecule has 10 heteroatoms. The van der Waals surface area contributed by atoms with Crippen molar-refractivity contribution in [2.45, 2.75) is 39.7 Å². The second-order valence-electron chi connectivity index (χ2n) is 9.70. The highest BCUT2D eigenvalue weighted by Gasteiger charge is 2.32. The standard InChI is InChI=1S/C26H35N5O4.ClH/c1-9-35-20-12-16-13-31(24(27)21(16)29-22(20)25(33)28-5)14-19(32)15-10-17(26(2,3)4)23(34-8)18(11-15)30(6)7;/h10-12,27H,9,13-14H2,1-8H3,(H,28,33);1H. The Morgan fingerprint density at radius 2 is 1.89 bits per heavy atom. The lowest BCUT2D eigenvalue weighted by Gasteiger charge is -2.27. The van der Waals surface area contributed by atoms with E-state index in [1.807, 2.05) is 38.1 Å². The topological polar surface area (TPSA) is 108 Å². The molecule has 2 heterocycles. The SMILES string of the molecule is CCOc1cc2c(nc1C(=O)NC)C(=N)N(CC(=O)c1cc(N(C)C)c(OC)c(C(C)(C)C)c1)C2.Cl. The summed E-state index contributed by atoms with van der Waals surface area (Å²) in [5.74, 6) is 0.721. The zero-order valence-corrected chi connectivity index (χ0v) is 23.1. The lowest BCUT2D eigenvalue weighted by atomic mass is 9.84. The number of ketones is 1. The maximum absolute atomic E-state index is 13.4. The van der Waals surface area contributed by atoms with Crippen LogP contribution in [0.25, 0.3) is 0 Å². The minimum absolute atomic E-state index is 0. The van der Waals surface area contributed by atoms with Crippen molar-refractivity contribution in [3.8, 4) is 11.5 Å². The molecule has 3 rings (SSSR count). The third kappa shape index (κ3) is 5.56. The molecule has 36 heavy (non-hydrogen) atoms. The fraction of sp³-hybridized carbons (Fsp3) is 0.462. The van der Waals surface area contributed by atoms with E-state index in [1.54, 1.807) is 18.1 Å². The number of nitrogens with one attached hydrogen (secondary N) is 2. The van der Waals surface area contributed by atoms with Crippen molar-refractivity contribution >= 4 is 35.6 Å². The molecule has 2 N–H and O–H groups in total. The minimum atomic E-state index is -0.386. The van der Waals surface area contributed by atoms with Crippen molar-refractivity contribution in [3.05, 3.63) is 46.3 Å². The summed E-state index contributed by atoms with van der Waals surface area (Å²) in [5.41, 5.74) is 3.34. The van der Waals surface area contributed by atoms with Gasteiger partial charge in [0.25, 0.3) is 5.91 Å². The summed E-state index contributed by atoms with van der Waals surface area (Å²) in [7, 11) is 6.98. The Morgan fingerprint density at radius 1 is 1.22 bits per heavy atom. The number of aromatic nitrogens is 1. The van der Waals surface area contributed by atoms with Gasteiger partial charge < -0.3 is 24.6 Å². The van der Waals surface area contributed by atoms with Crippen LogP contribution in [-0.2, 0) is 12.0 Å². The highest BCUT2D eigenvalue weighted by Crippen LogP contribution is 2.39. The molecule has 196 valence electrons. The van der Waals surface area contributed by atoms with E-state index in [2.05, 4.69) is 31.1 Å². The van der Waals surface area contributed by atoms with Crippen LogP contribution < -0.4 is 19.7 Å². The van der Waals surface area contributed by atoms with Crippen molar-refractivity contribution in [3.63, 3.8) is 0 Å². The second kappa shape index (κ2) is 11.2. The van der Waals surface area contributed by atoms with Gasteiger partial charge in [-0.3, -0.25) is 15.0 Å². The van der Waals surface area contributed by atoms with E-state index >= 15 is 0 Å². The normalized spacial score (nSPS) is 12.6. The van der Waals surface area contributed by atoms with Crippen LogP contribution in [-0.4, -0.2) is 68.8 Å². The first-order valence-corrected chi connectivity index (χ1v) is 11.6. The van der Waals surface area contributed by atoms with Gasteiger partial charge in [-0.15, -0.1) is 12.4 Å². The number of carbonyl (C=O) groups excluding carboxylic acids is 2. The lowest BCUT2D eigenvalue weighted by Crippen LogP contribution is -2.31. The molecule has 0 aliphatic carbocycles. The van der Waals surface area contributed by atoms with Gasteiger partial charge >= 0.3 is 0 Å². The van der Waals surface area contributed by atoms with Crippen molar-refractivity contribution in [2.24, 2.45) is 0 Å². The molecule has 0 unspecified atom stereocenters. The Kier molecular flexibility index (Phi) is 8.96. The Morgan fingerprint density at radius 3 is 2.42 bits per heavy atom. The van der Waals surface area contributed by atoms with Crippen molar-refractivity contribution in [1.29, 1.82) is 5.41 Å². The number of nitrogens with zero attached hydrogens (tertiary/aromatic N) is 3. The Balaban J connectivity index is 0.00000456. The molecule has 1 aliphatic heterocycles. The molecule has 0 fully saturated rings. The fourth-order valence-corrected chi connectivity index (χ4v) is 4.12. The number of halogens is 1. The summed E-state index contributed by atoms with van der Waals surface area (Å²) in [6, 6.07) is 5.46. The molecule has 0 saturated heterocycles. The molecule has 1 aliphatic rings. The fourth-order valence-electron chi connectivity index (χ4n) is 4.12. The first-order valence-electron chi connectivity index (χ1n) is 11.6. The molecule has 0 atom stereocenters. The van der Waals surface area contributed by atoms with Crippen LogP contribution in [0, 0.1) is 5.41 Å². The van der Waals surface area contributed by atoms with E-state index in [0.29, 0.717) is 30.2 Å². The molecule has 1 aromatic heterocycles. The molecule has 0 bridgehead atoms. The third-order valence-corrected chi connectivity index (χ3v) is 5.93. The Labute approximate surface area is 219 Å². The Bertz CT molecular complexity index is 1170. The van der Waals surface area contributed by atoms with Crippen LogP contribution in [0.5, 0.6) is 11.5 Å². The molecular formula is C26H36ClN5O4. The summed E-state index contributed by atoms with van der Waals surface area (Å²) in [6.07, 6.45) is 0. The maximum atomic E-state index is 13.4. The van der Waals surface area contributed by atoms with Gasteiger partial charge in [-0.1, -0.05) is 20.8 Å². The van der Waals surface area contributed by atoms with E-state index in [0.717, 1.165) is 22.6 Å². The number of hydrogen-bond donors (Lipinski definition) is 2. The van der Waals surface area contributed by atoms with E-state index in [9.17, 15) is 9.59 Å². The van der Waals surface area contributed by atoms with E-state index in [1.165, 1.54) is 7.05 Å². The average molecular weight is 518 g/mol. The third-order valence-electron chi connectivity index (χ3n) is 5.93. The lowest BCUT2D eigenvalue weighted by molar-refractivity contribution is 0.0949.